The van der Waals surface area contributed by atoms with Gasteiger partial charge in [-0.25, -0.2) is 4.39 Å². The summed E-state index contributed by atoms with van der Waals surface area (Å²) in [6.07, 6.45) is 14.6. The summed E-state index contributed by atoms with van der Waals surface area (Å²) in [5, 5.41) is 6.40. The fraction of sp³-hybridized carbons (Fsp3) is 0.594. The minimum Gasteiger partial charge on any atom is -0.354 e. The number of pyridine rings is 1. The number of hydrogen-bond acceptors (Lipinski definition) is 4. The van der Waals surface area contributed by atoms with Crippen LogP contribution < -0.4 is 16.4 Å². The molecule has 6 nitrogen and oxygen atoms in total. The van der Waals surface area contributed by atoms with Crippen molar-refractivity contribution in [1.82, 2.24) is 10.3 Å². The van der Waals surface area contributed by atoms with E-state index in [0.717, 1.165) is 69.0 Å². The summed E-state index contributed by atoms with van der Waals surface area (Å²) < 4.78 is 13.7. The SMILES string of the molecule is NC(C(=O)NCC1(c2ccc(F)cc2)CCCCCC1)C1C2CC3CC1CC(C(=O)Nc1ccncc1)(C3)C2. The van der Waals surface area contributed by atoms with Gasteiger partial charge >= 0.3 is 0 Å². The van der Waals surface area contributed by atoms with E-state index in [4.69, 9.17) is 5.73 Å². The number of rotatable bonds is 7. The zero-order valence-electron chi connectivity index (χ0n) is 22.7. The molecule has 2 amide bonds. The topological polar surface area (TPSA) is 97.1 Å². The molecule has 0 saturated heterocycles. The zero-order valence-corrected chi connectivity index (χ0v) is 22.7. The van der Waals surface area contributed by atoms with Crippen LogP contribution in [0.15, 0.2) is 48.8 Å². The molecular weight excluding hydrogens is 491 g/mol. The number of nitrogens with one attached hydrogen (secondary N) is 2. The number of carbonyl (C=O) groups excluding carboxylic acids is 2. The summed E-state index contributed by atoms with van der Waals surface area (Å²) in [6, 6.07) is 9.93. The van der Waals surface area contributed by atoms with E-state index in [-0.39, 0.29) is 34.4 Å². The maximum atomic E-state index is 13.7. The molecule has 5 fully saturated rings. The van der Waals surface area contributed by atoms with Gasteiger partial charge < -0.3 is 16.4 Å². The Kier molecular flexibility index (Phi) is 7.21. The second-order valence-electron chi connectivity index (χ2n) is 13.0. The molecule has 7 rings (SSSR count). The lowest BCUT2D eigenvalue weighted by Crippen LogP contribution is -2.61. The van der Waals surface area contributed by atoms with E-state index in [0.29, 0.717) is 24.3 Å². The second kappa shape index (κ2) is 10.6. The predicted octanol–water partition coefficient (Wildman–Crippen LogP) is 5.34. The van der Waals surface area contributed by atoms with Crippen LogP contribution in [0.3, 0.4) is 0 Å². The Labute approximate surface area is 230 Å². The fourth-order valence-corrected chi connectivity index (χ4v) is 8.95. The molecule has 208 valence electrons. The quantitative estimate of drug-likeness (QED) is 0.420. The van der Waals surface area contributed by atoms with Gasteiger partial charge in [0.05, 0.1) is 11.5 Å². The van der Waals surface area contributed by atoms with Crippen molar-refractivity contribution in [2.45, 2.75) is 82.1 Å². The Morgan fingerprint density at radius 3 is 2.23 bits per heavy atom. The van der Waals surface area contributed by atoms with E-state index >= 15 is 0 Å². The van der Waals surface area contributed by atoms with Gasteiger partial charge in [0, 0.05) is 30.0 Å². The van der Waals surface area contributed by atoms with E-state index in [1.165, 1.54) is 25.0 Å². The van der Waals surface area contributed by atoms with Gasteiger partial charge in [-0.1, -0.05) is 37.8 Å². The van der Waals surface area contributed by atoms with Crippen LogP contribution >= 0.6 is 0 Å². The number of amides is 2. The lowest BCUT2D eigenvalue weighted by Gasteiger charge is -2.60. The summed E-state index contributed by atoms with van der Waals surface area (Å²) in [5.74, 6) is 1.04. The predicted molar refractivity (Wildman–Crippen MR) is 149 cm³/mol. The molecule has 5 aliphatic carbocycles. The highest BCUT2D eigenvalue weighted by Gasteiger charge is 2.60. The van der Waals surface area contributed by atoms with E-state index < -0.39 is 6.04 Å². The molecule has 1 aromatic heterocycles. The molecule has 3 unspecified atom stereocenters. The normalized spacial score (nSPS) is 31.7. The van der Waals surface area contributed by atoms with Crippen LogP contribution in [0.4, 0.5) is 10.1 Å². The lowest BCUT2D eigenvalue weighted by atomic mass is 9.45. The van der Waals surface area contributed by atoms with Gasteiger partial charge in [0.2, 0.25) is 11.8 Å². The maximum absolute atomic E-state index is 13.7. The Morgan fingerprint density at radius 1 is 0.949 bits per heavy atom. The standard InChI is InChI=1S/C32H41FN4O2/c33-25-7-5-24(6-8-25)31(11-3-1-2-4-12-31)20-36-29(38)28(34)27-22-15-21-16-23(27)19-32(17-21,18-22)30(39)37-26-9-13-35-14-10-26/h5-10,13-14,21-23,27-28H,1-4,11-12,15-20,34H2,(H,36,38)(H,35,37,39). The van der Waals surface area contributed by atoms with Gasteiger partial charge in [0.1, 0.15) is 5.82 Å². The molecule has 39 heavy (non-hydrogen) atoms. The highest BCUT2D eigenvalue weighted by Crippen LogP contribution is 2.63. The number of nitrogens with two attached hydrogens (primary N) is 1. The van der Waals surface area contributed by atoms with Crippen LogP contribution in [-0.2, 0) is 15.0 Å². The number of nitrogens with zero attached hydrogens (tertiary/aromatic N) is 1. The first-order valence-electron chi connectivity index (χ1n) is 14.9. The highest BCUT2D eigenvalue weighted by molar-refractivity contribution is 5.95. The largest absolute Gasteiger partial charge is 0.354 e. The summed E-state index contributed by atoms with van der Waals surface area (Å²) in [5.41, 5.74) is 8.11. The van der Waals surface area contributed by atoms with Crippen molar-refractivity contribution in [2.75, 3.05) is 11.9 Å². The van der Waals surface area contributed by atoms with Gasteiger partial charge in [0.25, 0.3) is 0 Å². The van der Waals surface area contributed by atoms with E-state index in [1.807, 2.05) is 24.3 Å². The average Bonchev–Trinajstić information content (AvgIpc) is 3.18. The third kappa shape index (κ3) is 5.10. The van der Waals surface area contributed by atoms with Crippen molar-refractivity contribution in [2.24, 2.45) is 34.8 Å². The Bertz CT molecular complexity index is 1160. The van der Waals surface area contributed by atoms with E-state index in [9.17, 15) is 14.0 Å². The molecule has 1 aromatic carbocycles. The molecule has 4 N–H and O–H groups in total. The molecule has 1 heterocycles. The van der Waals surface area contributed by atoms with Crippen LogP contribution in [0.2, 0.25) is 0 Å². The summed E-state index contributed by atoms with van der Waals surface area (Å²) in [4.78, 5) is 31.2. The number of carbonyl (C=O) groups is 2. The Hall–Kier alpha value is -2.80. The third-order valence-electron chi connectivity index (χ3n) is 10.6. The molecule has 4 bridgehead atoms. The lowest BCUT2D eigenvalue weighted by molar-refractivity contribution is -0.151. The fourth-order valence-electron chi connectivity index (χ4n) is 8.95. The van der Waals surface area contributed by atoms with Crippen molar-refractivity contribution >= 4 is 17.5 Å². The van der Waals surface area contributed by atoms with Crippen molar-refractivity contribution in [3.8, 4) is 0 Å². The van der Waals surface area contributed by atoms with Crippen LogP contribution in [0.1, 0.15) is 76.2 Å². The van der Waals surface area contributed by atoms with Crippen molar-refractivity contribution in [1.29, 1.82) is 0 Å². The molecular formula is C32H41FN4O2. The molecule has 5 saturated carbocycles. The Morgan fingerprint density at radius 2 is 1.59 bits per heavy atom. The number of anilines is 1. The smallest absolute Gasteiger partial charge is 0.237 e. The molecule has 2 aromatic rings. The monoisotopic (exact) mass is 532 g/mol. The van der Waals surface area contributed by atoms with Crippen molar-refractivity contribution in [3.63, 3.8) is 0 Å². The van der Waals surface area contributed by atoms with Crippen molar-refractivity contribution < 1.29 is 14.0 Å². The number of halogens is 1. The Balaban J connectivity index is 1.14. The molecule has 5 aliphatic rings. The van der Waals surface area contributed by atoms with Gasteiger partial charge in [-0.05, 0) is 98.4 Å². The second-order valence-corrected chi connectivity index (χ2v) is 13.0. The minimum atomic E-state index is -0.573. The summed E-state index contributed by atoms with van der Waals surface area (Å²) in [6.45, 7) is 0.536. The summed E-state index contributed by atoms with van der Waals surface area (Å²) in [7, 11) is 0. The average molecular weight is 533 g/mol. The zero-order chi connectivity index (χ0) is 27.0. The van der Waals surface area contributed by atoms with Crippen LogP contribution in [0.5, 0.6) is 0 Å². The van der Waals surface area contributed by atoms with Crippen LogP contribution in [0, 0.1) is 34.9 Å². The van der Waals surface area contributed by atoms with Gasteiger partial charge in [-0.3, -0.25) is 14.6 Å². The number of hydrogen-bond donors (Lipinski definition) is 3. The van der Waals surface area contributed by atoms with Crippen molar-refractivity contribution in [3.05, 3.63) is 60.2 Å². The highest BCUT2D eigenvalue weighted by atomic mass is 19.1. The molecule has 0 aliphatic heterocycles. The van der Waals surface area contributed by atoms with E-state index in [1.54, 1.807) is 12.4 Å². The first kappa shape index (κ1) is 26.4. The van der Waals surface area contributed by atoms with Crippen LogP contribution in [0.25, 0.3) is 0 Å². The number of aromatic nitrogens is 1. The van der Waals surface area contributed by atoms with Gasteiger partial charge in [0.15, 0.2) is 0 Å². The van der Waals surface area contributed by atoms with Crippen LogP contribution in [-0.4, -0.2) is 29.4 Å². The number of benzene rings is 1. The van der Waals surface area contributed by atoms with E-state index in [2.05, 4.69) is 15.6 Å². The summed E-state index contributed by atoms with van der Waals surface area (Å²) >= 11 is 0. The molecule has 7 heteroatoms. The first-order chi connectivity index (χ1) is 18.9. The molecule has 0 spiro atoms. The maximum Gasteiger partial charge on any atom is 0.237 e. The molecule has 0 radical (unpaired) electrons. The minimum absolute atomic E-state index is 0.0755. The molecule has 3 atom stereocenters. The van der Waals surface area contributed by atoms with Gasteiger partial charge in [-0.2, -0.15) is 0 Å². The van der Waals surface area contributed by atoms with Gasteiger partial charge in [-0.15, -0.1) is 0 Å². The third-order valence-corrected chi connectivity index (χ3v) is 10.6. The first-order valence-corrected chi connectivity index (χ1v) is 14.9.